The van der Waals surface area contributed by atoms with Gasteiger partial charge in [-0.05, 0) is 55.7 Å². The van der Waals surface area contributed by atoms with Crippen molar-refractivity contribution in [2.75, 3.05) is 23.8 Å². The third kappa shape index (κ3) is 4.24. The van der Waals surface area contributed by atoms with E-state index in [4.69, 9.17) is 16.3 Å². The SMILES string of the molecule is Cc1cc(Cl)ccc1Nc1ccc(NC(=O)C2CCOCC2)cn1. The molecule has 6 heteroatoms. The van der Waals surface area contributed by atoms with Gasteiger partial charge in [-0.15, -0.1) is 0 Å². The molecule has 0 radical (unpaired) electrons. The number of benzene rings is 1. The standard InChI is InChI=1S/C18H20ClN3O2/c1-12-10-14(19)2-4-16(12)22-17-5-3-15(11-20-17)21-18(23)13-6-8-24-9-7-13/h2-5,10-11,13H,6-9H2,1H3,(H,20,22)(H,21,23). The van der Waals surface area contributed by atoms with Crippen LogP contribution in [-0.4, -0.2) is 24.1 Å². The first kappa shape index (κ1) is 16.7. The summed E-state index contributed by atoms with van der Waals surface area (Å²) in [5.41, 5.74) is 2.69. The summed E-state index contributed by atoms with van der Waals surface area (Å²) in [6.07, 6.45) is 3.20. The molecule has 2 aromatic rings. The molecule has 1 aliphatic rings. The molecule has 126 valence electrons. The summed E-state index contributed by atoms with van der Waals surface area (Å²) in [6.45, 7) is 3.29. The maximum absolute atomic E-state index is 12.2. The Hall–Kier alpha value is -2.11. The van der Waals surface area contributed by atoms with E-state index in [1.807, 2.05) is 37.3 Å². The molecule has 0 saturated carbocycles. The molecular formula is C18H20ClN3O2. The first-order valence-corrected chi connectivity index (χ1v) is 8.37. The highest BCUT2D eigenvalue weighted by Gasteiger charge is 2.21. The summed E-state index contributed by atoms with van der Waals surface area (Å²) in [4.78, 5) is 16.5. The first-order chi connectivity index (χ1) is 11.6. The number of halogens is 1. The van der Waals surface area contributed by atoms with Crippen LogP contribution >= 0.6 is 11.6 Å². The third-order valence-electron chi connectivity index (χ3n) is 4.07. The Kier molecular flexibility index (Phi) is 5.33. The van der Waals surface area contributed by atoms with Gasteiger partial charge in [0.1, 0.15) is 5.82 Å². The van der Waals surface area contributed by atoms with E-state index in [2.05, 4.69) is 15.6 Å². The minimum Gasteiger partial charge on any atom is -0.381 e. The fraction of sp³-hybridized carbons (Fsp3) is 0.333. The second kappa shape index (κ2) is 7.64. The fourth-order valence-electron chi connectivity index (χ4n) is 2.65. The van der Waals surface area contributed by atoms with E-state index < -0.39 is 0 Å². The molecule has 5 nitrogen and oxygen atoms in total. The minimum atomic E-state index is 0.0215. The number of hydrogen-bond donors (Lipinski definition) is 2. The smallest absolute Gasteiger partial charge is 0.227 e. The Bertz CT molecular complexity index is 713. The van der Waals surface area contributed by atoms with Gasteiger partial charge in [0.25, 0.3) is 0 Å². The summed E-state index contributed by atoms with van der Waals surface area (Å²) >= 11 is 5.96. The number of aryl methyl sites for hydroxylation is 1. The molecule has 0 aliphatic carbocycles. The van der Waals surface area contributed by atoms with Gasteiger partial charge in [0.05, 0.1) is 11.9 Å². The van der Waals surface area contributed by atoms with E-state index in [9.17, 15) is 4.79 Å². The highest BCUT2D eigenvalue weighted by atomic mass is 35.5. The van der Waals surface area contributed by atoms with Crippen LogP contribution in [-0.2, 0) is 9.53 Å². The van der Waals surface area contributed by atoms with Crippen molar-refractivity contribution >= 4 is 34.7 Å². The van der Waals surface area contributed by atoms with E-state index in [1.165, 1.54) is 0 Å². The van der Waals surface area contributed by atoms with Gasteiger partial charge >= 0.3 is 0 Å². The van der Waals surface area contributed by atoms with Crippen LogP contribution in [0, 0.1) is 12.8 Å². The van der Waals surface area contributed by atoms with Gasteiger partial charge in [-0.2, -0.15) is 0 Å². The van der Waals surface area contributed by atoms with E-state index in [1.54, 1.807) is 6.20 Å². The van der Waals surface area contributed by atoms with Gasteiger partial charge < -0.3 is 15.4 Å². The molecule has 24 heavy (non-hydrogen) atoms. The Balaban J connectivity index is 1.61. The summed E-state index contributed by atoms with van der Waals surface area (Å²) in [6, 6.07) is 9.33. The zero-order chi connectivity index (χ0) is 16.9. The predicted molar refractivity (Wildman–Crippen MR) is 95.9 cm³/mol. The number of nitrogens with one attached hydrogen (secondary N) is 2. The third-order valence-corrected chi connectivity index (χ3v) is 4.31. The minimum absolute atomic E-state index is 0.0215. The molecule has 0 spiro atoms. The van der Waals surface area contributed by atoms with Crippen LogP contribution < -0.4 is 10.6 Å². The summed E-state index contributed by atoms with van der Waals surface area (Å²) in [5.74, 6) is 0.770. The number of ether oxygens (including phenoxy) is 1. The van der Waals surface area contributed by atoms with Crippen molar-refractivity contribution in [1.29, 1.82) is 0 Å². The first-order valence-electron chi connectivity index (χ1n) is 7.99. The number of nitrogens with zero attached hydrogens (tertiary/aromatic N) is 1. The lowest BCUT2D eigenvalue weighted by atomic mass is 9.99. The monoisotopic (exact) mass is 345 g/mol. The van der Waals surface area contributed by atoms with E-state index in [0.717, 1.165) is 24.1 Å². The van der Waals surface area contributed by atoms with Crippen molar-refractivity contribution in [3.8, 4) is 0 Å². The maximum Gasteiger partial charge on any atom is 0.227 e. The van der Waals surface area contributed by atoms with Crippen LogP contribution in [0.3, 0.4) is 0 Å². The molecule has 2 N–H and O–H groups in total. The Morgan fingerprint density at radius 3 is 2.71 bits per heavy atom. The molecular weight excluding hydrogens is 326 g/mol. The summed E-state index contributed by atoms with van der Waals surface area (Å²) < 4.78 is 5.28. The number of amides is 1. The molecule has 0 atom stereocenters. The van der Waals surface area contributed by atoms with Gasteiger partial charge in [0.15, 0.2) is 0 Å². The summed E-state index contributed by atoms with van der Waals surface area (Å²) in [5, 5.41) is 6.87. The maximum atomic E-state index is 12.2. The number of aromatic nitrogens is 1. The molecule has 1 fully saturated rings. The Morgan fingerprint density at radius 1 is 1.25 bits per heavy atom. The van der Waals surface area contributed by atoms with Gasteiger partial charge in [-0.25, -0.2) is 4.98 Å². The molecule has 1 amide bonds. The van der Waals surface area contributed by atoms with Crippen molar-refractivity contribution in [3.05, 3.63) is 47.1 Å². The average Bonchev–Trinajstić information content (AvgIpc) is 2.60. The molecule has 2 heterocycles. The lowest BCUT2D eigenvalue weighted by Gasteiger charge is -2.21. The number of rotatable bonds is 4. The Morgan fingerprint density at radius 2 is 2.04 bits per heavy atom. The largest absolute Gasteiger partial charge is 0.381 e. The van der Waals surface area contributed by atoms with Crippen LogP contribution in [0.15, 0.2) is 36.5 Å². The Labute approximate surface area is 146 Å². The van der Waals surface area contributed by atoms with Crippen molar-refractivity contribution in [2.45, 2.75) is 19.8 Å². The normalized spacial score (nSPS) is 15.1. The molecule has 1 aromatic carbocycles. The van der Waals surface area contributed by atoms with E-state index in [-0.39, 0.29) is 11.8 Å². The van der Waals surface area contributed by atoms with Crippen molar-refractivity contribution in [1.82, 2.24) is 4.98 Å². The lowest BCUT2D eigenvalue weighted by molar-refractivity contribution is -0.122. The molecule has 0 bridgehead atoms. The molecule has 1 saturated heterocycles. The predicted octanol–water partition coefficient (Wildman–Crippen LogP) is 4.15. The highest BCUT2D eigenvalue weighted by Crippen LogP contribution is 2.23. The van der Waals surface area contributed by atoms with Crippen LogP contribution in [0.4, 0.5) is 17.2 Å². The molecule has 3 rings (SSSR count). The van der Waals surface area contributed by atoms with Gasteiger partial charge in [-0.1, -0.05) is 11.6 Å². The second-order valence-electron chi connectivity index (χ2n) is 5.89. The van der Waals surface area contributed by atoms with Crippen molar-refractivity contribution in [3.63, 3.8) is 0 Å². The zero-order valence-corrected chi connectivity index (χ0v) is 14.3. The molecule has 1 aliphatic heterocycles. The topological polar surface area (TPSA) is 63.2 Å². The van der Waals surface area contributed by atoms with Crippen LogP contribution in [0.5, 0.6) is 0 Å². The van der Waals surface area contributed by atoms with Crippen molar-refractivity contribution in [2.24, 2.45) is 5.92 Å². The number of carbonyl (C=O) groups excluding carboxylic acids is 1. The fourth-order valence-corrected chi connectivity index (χ4v) is 2.88. The van der Waals surface area contributed by atoms with Crippen molar-refractivity contribution < 1.29 is 9.53 Å². The van der Waals surface area contributed by atoms with Gasteiger partial charge in [0, 0.05) is 29.8 Å². The number of anilines is 3. The lowest BCUT2D eigenvalue weighted by Crippen LogP contribution is -2.28. The number of pyridine rings is 1. The second-order valence-corrected chi connectivity index (χ2v) is 6.33. The van der Waals surface area contributed by atoms with Crippen LogP contribution in [0.2, 0.25) is 5.02 Å². The number of carbonyl (C=O) groups is 1. The van der Waals surface area contributed by atoms with E-state index >= 15 is 0 Å². The zero-order valence-electron chi connectivity index (χ0n) is 13.5. The van der Waals surface area contributed by atoms with Crippen LogP contribution in [0.1, 0.15) is 18.4 Å². The van der Waals surface area contributed by atoms with Crippen LogP contribution in [0.25, 0.3) is 0 Å². The number of hydrogen-bond acceptors (Lipinski definition) is 4. The highest BCUT2D eigenvalue weighted by molar-refractivity contribution is 6.30. The van der Waals surface area contributed by atoms with E-state index in [0.29, 0.717) is 29.7 Å². The summed E-state index contributed by atoms with van der Waals surface area (Å²) in [7, 11) is 0. The molecule has 0 unspecified atom stereocenters. The van der Waals surface area contributed by atoms with Gasteiger partial charge in [0.2, 0.25) is 5.91 Å². The average molecular weight is 346 g/mol. The molecule has 1 aromatic heterocycles. The van der Waals surface area contributed by atoms with Gasteiger partial charge in [-0.3, -0.25) is 4.79 Å². The quantitative estimate of drug-likeness (QED) is 0.873.